The molecule has 0 fully saturated rings. The zero-order valence-electron chi connectivity index (χ0n) is 13.1. The van der Waals surface area contributed by atoms with Gasteiger partial charge in [-0.25, -0.2) is 0 Å². The molecule has 0 bridgehead atoms. The Morgan fingerprint density at radius 3 is 2.10 bits per heavy atom. The van der Waals surface area contributed by atoms with Gasteiger partial charge in [-0.1, -0.05) is 6.58 Å². The zero-order chi connectivity index (χ0) is 16.4. The van der Waals surface area contributed by atoms with Gasteiger partial charge in [0.1, 0.15) is 0 Å². The molecule has 124 valence electrons. The third-order valence-corrected chi connectivity index (χ3v) is 7.69. The van der Waals surface area contributed by atoms with Crippen LogP contribution in [0.5, 0.6) is 0 Å². The molecule has 0 aliphatic rings. The van der Waals surface area contributed by atoms with E-state index in [-0.39, 0.29) is 38.1 Å². The number of hydrogen-bond acceptors (Lipinski definition) is 6. The number of carbonyl (C=O) groups excluding carboxylic acids is 1. The smallest absolute Gasteiger partial charge is 0.306 e. The van der Waals surface area contributed by atoms with Gasteiger partial charge in [-0.05, 0) is 26.6 Å². The van der Waals surface area contributed by atoms with Gasteiger partial charge >= 0.3 is 5.97 Å². The summed E-state index contributed by atoms with van der Waals surface area (Å²) >= 11 is 0. The standard InChI is InChI=1S/C13H26O6P2/c1-5-17-13(14)9-10-21(16,19-7-3)12-11-20(15,8-4)18-6-2/h8H,4-7,9-12H2,1-3H3. The fourth-order valence-corrected chi connectivity index (χ4v) is 6.35. The molecule has 0 rings (SSSR count). The fraction of sp³-hybridized carbons (Fsp3) is 0.769. The summed E-state index contributed by atoms with van der Waals surface area (Å²) in [6.45, 7) is 9.53. The number of esters is 1. The molecule has 0 aromatic rings. The summed E-state index contributed by atoms with van der Waals surface area (Å²) in [4.78, 5) is 11.4. The van der Waals surface area contributed by atoms with Crippen molar-refractivity contribution in [1.82, 2.24) is 0 Å². The van der Waals surface area contributed by atoms with E-state index in [0.29, 0.717) is 6.61 Å². The van der Waals surface area contributed by atoms with Crippen molar-refractivity contribution in [2.24, 2.45) is 0 Å². The van der Waals surface area contributed by atoms with Gasteiger partial charge in [-0.3, -0.25) is 13.9 Å². The van der Waals surface area contributed by atoms with Crippen LogP contribution in [0.3, 0.4) is 0 Å². The van der Waals surface area contributed by atoms with Crippen LogP contribution in [0.4, 0.5) is 0 Å². The molecule has 6 nitrogen and oxygen atoms in total. The van der Waals surface area contributed by atoms with Crippen molar-refractivity contribution in [1.29, 1.82) is 0 Å². The van der Waals surface area contributed by atoms with Crippen LogP contribution in [0, 0.1) is 0 Å². The molecule has 0 spiro atoms. The molecule has 0 aromatic carbocycles. The Balaban J connectivity index is 4.65. The topological polar surface area (TPSA) is 78.9 Å². The first-order valence-corrected chi connectivity index (χ1v) is 11.0. The maximum atomic E-state index is 12.6. The number of hydrogen-bond donors (Lipinski definition) is 0. The van der Waals surface area contributed by atoms with E-state index in [1.54, 1.807) is 20.8 Å². The van der Waals surface area contributed by atoms with Gasteiger partial charge in [0, 0.05) is 18.5 Å². The van der Waals surface area contributed by atoms with Crippen LogP contribution < -0.4 is 0 Å². The summed E-state index contributed by atoms with van der Waals surface area (Å²) in [7, 11) is -6.02. The van der Waals surface area contributed by atoms with Crippen LogP contribution in [0.2, 0.25) is 0 Å². The van der Waals surface area contributed by atoms with E-state index in [2.05, 4.69) is 6.58 Å². The van der Waals surface area contributed by atoms with Gasteiger partial charge in [0.25, 0.3) is 0 Å². The summed E-state index contributed by atoms with van der Waals surface area (Å²) in [5.74, 6) is 0.868. The summed E-state index contributed by atoms with van der Waals surface area (Å²) in [5, 5.41) is 0. The molecule has 0 aliphatic carbocycles. The van der Waals surface area contributed by atoms with Crippen molar-refractivity contribution in [3.63, 3.8) is 0 Å². The molecule has 0 radical (unpaired) electrons. The molecule has 0 aromatic heterocycles. The van der Waals surface area contributed by atoms with E-state index in [4.69, 9.17) is 13.8 Å². The Morgan fingerprint density at radius 2 is 1.62 bits per heavy atom. The van der Waals surface area contributed by atoms with Crippen molar-refractivity contribution in [2.75, 3.05) is 38.3 Å². The van der Waals surface area contributed by atoms with E-state index >= 15 is 0 Å². The van der Waals surface area contributed by atoms with Gasteiger partial charge in [0.2, 0.25) is 14.7 Å². The van der Waals surface area contributed by atoms with Gasteiger partial charge in [-0.2, -0.15) is 0 Å². The molecule has 0 saturated heterocycles. The highest BCUT2D eigenvalue weighted by Crippen LogP contribution is 2.55. The van der Waals surface area contributed by atoms with E-state index in [9.17, 15) is 13.9 Å². The highest BCUT2D eigenvalue weighted by atomic mass is 31.2. The molecule has 0 N–H and O–H groups in total. The summed E-state index contributed by atoms with van der Waals surface area (Å²) in [5.41, 5.74) is 0. The molecule has 0 saturated carbocycles. The monoisotopic (exact) mass is 340 g/mol. The van der Waals surface area contributed by atoms with Crippen LogP contribution in [0.1, 0.15) is 27.2 Å². The van der Waals surface area contributed by atoms with Crippen molar-refractivity contribution in [3.05, 3.63) is 12.4 Å². The summed E-state index contributed by atoms with van der Waals surface area (Å²) in [6.07, 6.45) is 0.315. The number of ether oxygens (including phenoxy) is 1. The SMILES string of the molecule is C=CP(=O)(CCP(=O)(CCC(=O)OCC)OCC)OCC. The van der Waals surface area contributed by atoms with Crippen LogP contribution in [-0.2, 0) is 27.7 Å². The van der Waals surface area contributed by atoms with Gasteiger partial charge in [-0.15, -0.1) is 0 Å². The molecular formula is C13H26O6P2. The summed E-state index contributed by atoms with van der Waals surface area (Å²) in [6, 6.07) is 0. The molecule has 8 heteroatoms. The fourth-order valence-electron chi connectivity index (χ4n) is 1.69. The molecule has 21 heavy (non-hydrogen) atoms. The van der Waals surface area contributed by atoms with Gasteiger partial charge in [0.05, 0.1) is 26.2 Å². The predicted molar refractivity (Wildman–Crippen MR) is 84.5 cm³/mol. The lowest BCUT2D eigenvalue weighted by atomic mass is 10.5. The maximum absolute atomic E-state index is 12.6. The second kappa shape index (κ2) is 10.3. The van der Waals surface area contributed by atoms with Crippen LogP contribution in [0.25, 0.3) is 0 Å². The second-order valence-corrected chi connectivity index (χ2v) is 9.59. The lowest BCUT2D eigenvalue weighted by Crippen LogP contribution is -2.10. The van der Waals surface area contributed by atoms with Crippen molar-refractivity contribution in [2.45, 2.75) is 27.2 Å². The summed E-state index contributed by atoms with van der Waals surface area (Å²) < 4.78 is 40.2. The highest BCUT2D eigenvalue weighted by molar-refractivity contribution is 7.65. The first-order valence-electron chi connectivity index (χ1n) is 7.09. The van der Waals surface area contributed by atoms with Crippen LogP contribution in [-0.4, -0.2) is 44.3 Å². The van der Waals surface area contributed by atoms with E-state index < -0.39 is 20.7 Å². The molecular weight excluding hydrogens is 314 g/mol. The van der Waals surface area contributed by atoms with E-state index in [1.807, 2.05) is 0 Å². The van der Waals surface area contributed by atoms with Crippen LogP contribution in [0.15, 0.2) is 12.4 Å². The van der Waals surface area contributed by atoms with E-state index in [0.717, 1.165) is 0 Å². The molecule has 0 amide bonds. The lowest BCUT2D eigenvalue weighted by Gasteiger charge is -2.20. The van der Waals surface area contributed by atoms with Gasteiger partial charge < -0.3 is 13.8 Å². The molecule has 0 heterocycles. The molecule has 0 aliphatic heterocycles. The third kappa shape index (κ3) is 8.57. The Hall–Kier alpha value is -0.410. The minimum absolute atomic E-state index is 0.0259. The second-order valence-electron chi connectivity index (χ2n) is 4.28. The largest absolute Gasteiger partial charge is 0.466 e. The zero-order valence-corrected chi connectivity index (χ0v) is 14.9. The highest BCUT2D eigenvalue weighted by Gasteiger charge is 2.29. The Morgan fingerprint density at radius 1 is 1.00 bits per heavy atom. The normalized spacial score (nSPS) is 16.7. The lowest BCUT2D eigenvalue weighted by molar-refractivity contribution is -0.142. The van der Waals surface area contributed by atoms with Crippen LogP contribution >= 0.6 is 14.7 Å². The van der Waals surface area contributed by atoms with Crippen molar-refractivity contribution >= 4 is 20.7 Å². The van der Waals surface area contributed by atoms with Crippen molar-refractivity contribution in [3.8, 4) is 0 Å². The minimum atomic E-state index is -3.03. The Kier molecular flexibility index (Phi) is 10.1. The Bertz CT molecular complexity index is 421. The van der Waals surface area contributed by atoms with Gasteiger partial charge in [0.15, 0.2) is 0 Å². The first-order chi connectivity index (χ1) is 9.84. The molecule has 2 atom stereocenters. The average Bonchev–Trinajstić information content (AvgIpc) is 2.44. The Labute approximate surface area is 127 Å². The first kappa shape index (κ1) is 20.6. The van der Waals surface area contributed by atoms with E-state index in [1.165, 1.54) is 5.82 Å². The molecule has 2 unspecified atom stereocenters. The predicted octanol–water partition coefficient (Wildman–Crippen LogP) is 3.71. The minimum Gasteiger partial charge on any atom is -0.466 e. The average molecular weight is 340 g/mol. The quantitative estimate of drug-likeness (QED) is 0.398. The number of carbonyl (C=O) groups is 1. The maximum Gasteiger partial charge on any atom is 0.306 e. The van der Waals surface area contributed by atoms with Crippen molar-refractivity contribution < 1.29 is 27.7 Å². The third-order valence-electron chi connectivity index (χ3n) is 2.70. The number of rotatable bonds is 12.